The Hall–Kier alpha value is -2.31. The van der Waals surface area contributed by atoms with Gasteiger partial charge < -0.3 is 9.80 Å². The van der Waals surface area contributed by atoms with Gasteiger partial charge in [-0.15, -0.1) is 0 Å². The number of halogens is 2. The first-order chi connectivity index (χ1) is 12.2. The predicted molar refractivity (Wildman–Crippen MR) is 90.5 cm³/mol. The van der Waals surface area contributed by atoms with Crippen LogP contribution in [0.15, 0.2) is 24.5 Å². The van der Waals surface area contributed by atoms with E-state index in [-0.39, 0.29) is 23.7 Å². The summed E-state index contributed by atoms with van der Waals surface area (Å²) in [5, 5.41) is 0.831. The second-order valence-corrected chi connectivity index (χ2v) is 6.85. The van der Waals surface area contributed by atoms with Crippen LogP contribution in [0.3, 0.4) is 0 Å². The number of hydrogen-bond acceptors (Lipinski definition) is 4. The lowest BCUT2D eigenvalue weighted by Gasteiger charge is -2.37. The van der Waals surface area contributed by atoms with E-state index in [9.17, 15) is 13.6 Å². The summed E-state index contributed by atoms with van der Waals surface area (Å²) in [5.74, 6) is 0.416. The molecule has 2 saturated heterocycles. The Kier molecular flexibility index (Phi) is 4.23. The maximum atomic E-state index is 13.4. The molecule has 4 rings (SSSR count). The topological polar surface area (TPSA) is 49.3 Å². The van der Waals surface area contributed by atoms with Crippen molar-refractivity contribution in [3.8, 4) is 0 Å². The molecule has 2 aromatic rings. The molecule has 2 aliphatic rings. The van der Waals surface area contributed by atoms with E-state index >= 15 is 0 Å². The van der Waals surface area contributed by atoms with E-state index in [0.29, 0.717) is 18.5 Å². The van der Waals surface area contributed by atoms with Crippen LogP contribution in [0, 0.1) is 11.7 Å². The number of hydrogen-bond donors (Lipinski definition) is 0. The molecule has 0 N–H and O–H groups in total. The van der Waals surface area contributed by atoms with Crippen molar-refractivity contribution in [1.29, 1.82) is 0 Å². The summed E-state index contributed by atoms with van der Waals surface area (Å²) in [7, 11) is 0. The van der Waals surface area contributed by atoms with Gasteiger partial charge in [-0.25, -0.2) is 14.4 Å². The lowest BCUT2D eigenvalue weighted by Crippen LogP contribution is -2.46. The highest BCUT2D eigenvalue weighted by Crippen LogP contribution is 2.30. The number of carbonyl (C=O) groups excluding carboxylic acids is 1. The van der Waals surface area contributed by atoms with E-state index in [1.807, 2.05) is 4.90 Å². The van der Waals surface area contributed by atoms with E-state index in [0.717, 1.165) is 37.1 Å². The van der Waals surface area contributed by atoms with E-state index in [1.165, 1.54) is 18.5 Å². The number of nitrogens with zero attached hydrogens (tertiary/aromatic N) is 4. The van der Waals surface area contributed by atoms with Gasteiger partial charge in [0.25, 0.3) is 0 Å². The molecule has 1 atom stereocenters. The van der Waals surface area contributed by atoms with Gasteiger partial charge in [-0.2, -0.15) is 0 Å². The predicted octanol–water partition coefficient (Wildman–Crippen LogP) is 2.56. The molecule has 2 fully saturated rings. The smallest absolute Gasteiger partial charge is 0.223 e. The fourth-order valence-corrected chi connectivity index (χ4v) is 3.92. The Labute approximate surface area is 144 Å². The van der Waals surface area contributed by atoms with Gasteiger partial charge in [0.15, 0.2) is 0 Å². The molecule has 2 aliphatic heterocycles. The Balaban J connectivity index is 1.48. The highest BCUT2D eigenvalue weighted by molar-refractivity contribution is 5.89. The highest BCUT2D eigenvalue weighted by Gasteiger charge is 2.36. The van der Waals surface area contributed by atoms with Gasteiger partial charge in [0.2, 0.25) is 5.91 Å². The molecule has 0 spiro atoms. The molecule has 5 nitrogen and oxygen atoms in total. The van der Waals surface area contributed by atoms with Gasteiger partial charge in [-0.05, 0) is 25.0 Å². The molecule has 7 heteroatoms. The van der Waals surface area contributed by atoms with Crippen LogP contribution in [0.25, 0.3) is 10.9 Å². The molecule has 0 radical (unpaired) electrons. The average molecular weight is 346 g/mol. The number of likely N-dealkylation sites (tertiary alicyclic amines) is 1. The van der Waals surface area contributed by atoms with Gasteiger partial charge in [-0.1, -0.05) is 0 Å². The summed E-state index contributed by atoms with van der Waals surface area (Å²) < 4.78 is 26.2. The molecule has 1 unspecified atom stereocenters. The quantitative estimate of drug-likeness (QED) is 0.857. The second kappa shape index (κ2) is 6.54. The average Bonchev–Trinajstić information content (AvgIpc) is 3.02. The minimum atomic E-state index is -0.426. The molecule has 0 bridgehead atoms. The van der Waals surface area contributed by atoms with Gasteiger partial charge in [-0.3, -0.25) is 9.18 Å². The summed E-state index contributed by atoms with van der Waals surface area (Å²) in [5.41, 5.74) is 0.590. The zero-order valence-electron chi connectivity index (χ0n) is 13.9. The van der Waals surface area contributed by atoms with Crippen molar-refractivity contribution < 1.29 is 13.6 Å². The molecule has 1 aromatic heterocycles. The molecule has 0 saturated carbocycles. The third-order valence-electron chi connectivity index (χ3n) is 5.24. The van der Waals surface area contributed by atoms with Crippen molar-refractivity contribution in [2.24, 2.45) is 5.92 Å². The van der Waals surface area contributed by atoms with Crippen molar-refractivity contribution >= 4 is 22.6 Å². The largest absolute Gasteiger partial charge is 0.356 e. The molecule has 1 amide bonds. The molecule has 0 aliphatic carbocycles. The standard InChI is InChI=1S/C18H20F2N4O/c19-9-12-7-17(25)24(10-12)14-3-5-23(6-4-14)18-15-2-1-13(20)8-16(15)21-11-22-18/h1-2,8,11-12,14H,3-7,9-10H2. The van der Waals surface area contributed by atoms with E-state index < -0.39 is 6.67 Å². The fraction of sp³-hybridized carbons (Fsp3) is 0.500. The van der Waals surface area contributed by atoms with Gasteiger partial charge in [0.05, 0.1) is 12.2 Å². The number of amides is 1. The number of fused-ring (bicyclic) bond motifs is 1. The zero-order chi connectivity index (χ0) is 17.4. The minimum Gasteiger partial charge on any atom is -0.356 e. The van der Waals surface area contributed by atoms with Crippen LogP contribution in [-0.4, -0.2) is 53.1 Å². The first-order valence-corrected chi connectivity index (χ1v) is 8.66. The third-order valence-corrected chi connectivity index (χ3v) is 5.24. The number of piperidine rings is 1. The summed E-state index contributed by atoms with van der Waals surface area (Å²) in [6, 6.07) is 4.71. The maximum Gasteiger partial charge on any atom is 0.223 e. The molecule has 132 valence electrons. The summed E-state index contributed by atoms with van der Waals surface area (Å²) in [6.07, 6.45) is 3.45. The van der Waals surface area contributed by atoms with Gasteiger partial charge in [0.1, 0.15) is 18.0 Å². The first kappa shape index (κ1) is 16.2. The van der Waals surface area contributed by atoms with Crippen molar-refractivity contribution in [3.63, 3.8) is 0 Å². The van der Waals surface area contributed by atoms with Gasteiger partial charge in [0, 0.05) is 49.5 Å². The van der Waals surface area contributed by atoms with Crippen molar-refractivity contribution in [2.75, 3.05) is 31.2 Å². The molecule has 1 aromatic carbocycles. The van der Waals surface area contributed by atoms with Crippen LogP contribution in [0.1, 0.15) is 19.3 Å². The van der Waals surface area contributed by atoms with Crippen molar-refractivity contribution in [3.05, 3.63) is 30.3 Å². The maximum absolute atomic E-state index is 13.4. The van der Waals surface area contributed by atoms with E-state index in [2.05, 4.69) is 14.9 Å². The summed E-state index contributed by atoms with van der Waals surface area (Å²) in [4.78, 5) is 24.6. The zero-order valence-corrected chi connectivity index (χ0v) is 13.9. The number of anilines is 1. The Morgan fingerprint density at radius 2 is 2.00 bits per heavy atom. The molecule has 3 heterocycles. The van der Waals surface area contributed by atoms with Crippen LogP contribution in [0.2, 0.25) is 0 Å². The van der Waals surface area contributed by atoms with E-state index in [4.69, 9.17) is 0 Å². The Morgan fingerprint density at radius 3 is 2.72 bits per heavy atom. The van der Waals surface area contributed by atoms with Crippen LogP contribution < -0.4 is 4.90 Å². The van der Waals surface area contributed by atoms with Crippen LogP contribution in [0.5, 0.6) is 0 Å². The van der Waals surface area contributed by atoms with E-state index in [1.54, 1.807) is 6.07 Å². The first-order valence-electron chi connectivity index (χ1n) is 8.66. The Morgan fingerprint density at radius 1 is 1.20 bits per heavy atom. The number of alkyl halides is 1. The normalized spacial score (nSPS) is 22.2. The van der Waals surface area contributed by atoms with Gasteiger partial charge >= 0.3 is 0 Å². The molecular weight excluding hydrogens is 326 g/mol. The fourth-order valence-electron chi connectivity index (χ4n) is 3.92. The third kappa shape index (κ3) is 3.03. The summed E-state index contributed by atoms with van der Waals surface area (Å²) in [6.45, 7) is 1.64. The minimum absolute atomic E-state index is 0.0732. The molecule has 25 heavy (non-hydrogen) atoms. The lowest BCUT2D eigenvalue weighted by atomic mass is 10.0. The van der Waals surface area contributed by atoms with Crippen LogP contribution in [0.4, 0.5) is 14.6 Å². The highest BCUT2D eigenvalue weighted by atomic mass is 19.1. The van der Waals surface area contributed by atoms with Crippen molar-refractivity contribution in [2.45, 2.75) is 25.3 Å². The van der Waals surface area contributed by atoms with Crippen LogP contribution in [-0.2, 0) is 4.79 Å². The lowest BCUT2D eigenvalue weighted by molar-refractivity contribution is -0.130. The number of rotatable bonds is 3. The second-order valence-electron chi connectivity index (χ2n) is 6.85. The number of benzene rings is 1. The monoisotopic (exact) mass is 346 g/mol. The van der Waals surface area contributed by atoms with Crippen LogP contribution >= 0.6 is 0 Å². The molecular formula is C18H20F2N4O. The Bertz CT molecular complexity index is 792. The number of aromatic nitrogens is 2. The number of carbonyl (C=O) groups is 1. The van der Waals surface area contributed by atoms with Crippen molar-refractivity contribution in [1.82, 2.24) is 14.9 Å². The SMILES string of the molecule is O=C1CC(CF)CN1C1CCN(c2ncnc3cc(F)ccc23)CC1. The summed E-state index contributed by atoms with van der Waals surface area (Å²) >= 11 is 0.